The fraction of sp³-hybridized carbons (Fsp3) is 0.650. The number of nitrogens with two attached hydrogens (primary N) is 1. The van der Waals surface area contributed by atoms with E-state index in [1.54, 1.807) is 13.8 Å². The molecule has 32 heavy (non-hydrogen) atoms. The van der Waals surface area contributed by atoms with Crippen molar-refractivity contribution >= 4 is 36.3 Å². The van der Waals surface area contributed by atoms with Gasteiger partial charge in [-0.25, -0.2) is 9.78 Å². The van der Waals surface area contributed by atoms with Gasteiger partial charge in [-0.05, 0) is 18.3 Å². The van der Waals surface area contributed by atoms with Gasteiger partial charge in [0.15, 0.2) is 0 Å². The number of imidazole rings is 1. The second kappa shape index (κ2) is 13.1. The summed E-state index contributed by atoms with van der Waals surface area (Å²) in [5.41, 5.74) is 6.22. The number of nitrogens with one attached hydrogen (secondary N) is 4. The Kier molecular flexibility index (Phi) is 11.2. The normalized spacial score (nSPS) is 15.0. The van der Waals surface area contributed by atoms with Crippen LogP contribution in [0.2, 0.25) is 0 Å². The van der Waals surface area contributed by atoms with Crippen molar-refractivity contribution in [2.45, 2.75) is 64.7 Å². The van der Waals surface area contributed by atoms with Crippen molar-refractivity contribution < 1.29 is 24.3 Å². The zero-order chi connectivity index (χ0) is 24.4. The topological polar surface area (TPSA) is 179 Å². The minimum Gasteiger partial charge on any atom is -0.480 e. The van der Waals surface area contributed by atoms with Crippen molar-refractivity contribution in [3.8, 4) is 0 Å². The number of carboxylic acids is 1. The molecule has 3 amide bonds. The summed E-state index contributed by atoms with van der Waals surface area (Å²) in [6, 6.07) is -3.98. The average molecular weight is 471 g/mol. The SMILES string of the molecule is CC(C)CC(NC(=O)C(NC(=O)C(N)CS)C(C)C)C(=O)NC(Cc1cnc[nH]1)C(=O)O. The first-order valence-corrected chi connectivity index (χ1v) is 11.1. The van der Waals surface area contributed by atoms with Gasteiger partial charge in [0.1, 0.15) is 18.1 Å². The molecular formula is C20H34N6O5S. The highest BCUT2D eigenvalue weighted by Crippen LogP contribution is 2.09. The van der Waals surface area contributed by atoms with E-state index in [2.05, 4.69) is 38.5 Å². The molecule has 1 rings (SSSR count). The molecule has 1 aromatic rings. The first kappa shape index (κ1) is 27.4. The van der Waals surface area contributed by atoms with Crippen LogP contribution in [-0.2, 0) is 25.6 Å². The molecule has 0 bridgehead atoms. The standard InChI is InChI=1S/C20H34N6O5S/c1-10(2)5-14(18(28)25-15(20(30)31)6-12-7-22-9-23-12)24-19(29)16(11(3)4)26-17(27)13(21)8-32/h7,9-11,13-16,32H,5-6,8,21H2,1-4H3,(H,22,23)(H,24,29)(H,25,28)(H,26,27)(H,30,31). The lowest BCUT2D eigenvalue weighted by atomic mass is 9.99. The zero-order valence-electron chi connectivity index (χ0n) is 18.8. The predicted octanol–water partition coefficient (Wildman–Crippen LogP) is -0.550. The summed E-state index contributed by atoms with van der Waals surface area (Å²) < 4.78 is 0. The maximum atomic E-state index is 12.9. The molecule has 180 valence electrons. The van der Waals surface area contributed by atoms with Crippen LogP contribution in [0, 0.1) is 11.8 Å². The zero-order valence-corrected chi connectivity index (χ0v) is 19.7. The number of carboxylic acid groups (broad SMARTS) is 1. The molecule has 0 aromatic carbocycles. The largest absolute Gasteiger partial charge is 0.480 e. The number of rotatable bonds is 13. The Morgan fingerprint density at radius 2 is 1.69 bits per heavy atom. The van der Waals surface area contributed by atoms with Crippen molar-refractivity contribution in [3.63, 3.8) is 0 Å². The second-order valence-corrected chi connectivity index (χ2v) is 8.76. The minimum absolute atomic E-state index is 0.00963. The van der Waals surface area contributed by atoms with Crippen molar-refractivity contribution in [2.24, 2.45) is 17.6 Å². The fourth-order valence-electron chi connectivity index (χ4n) is 2.93. The molecule has 0 saturated heterocycles. The third-order valence-corrected chi connectivity index (χ3v) is 5.11. The van der Waals surface area contributed by atoms with E-state index in [0.717, 1.165) is 0 Å². The van der Waals surface area contributed by atoms with Crippen LogP contribution in [0.15, 0.2) is 12.5 Å². The number of thiol groups is 1. The molecule has 7 N–H and O–H groups in total. The highest BCUT2D eigenvalue weighted by molar-refractivity contribution is 7.80. The maximum Gasteiger partial charge on any atom is 0.326 e. The molecule has 11 nitrogen and oxygen atoms in total. The third-order valence-electron chi connectivity index (χ3n) is 4.71. The number of carbonyl (C=O) groups excluding carboxylic acids is 3. The number of hydrogen-bond donors (Lipinski definition) is 7. The van der Waals surface area contributed by atoms with Gasteiger partial charge < -0.3 is 31.8 Å². The smallest absolute Gasteiger partial charge is 0.326 e. The van der Waals surface area contributed by atoms with E-state index in [9.17, 15) is 24.3 Å². The molecule has 1 heterocycles. The van der Waals surface area contributed by atoms with Crippen LogP contribution in [0.5, 0.6) is 0 Å². The second-order valence-electron chi connectivity index (χ2n) is 8.39. The van der Waals surface area contributed by atoms with E-state index in [0.29, 0.717) is 5.69 Å². The molecule has 0 aliphatic heterocycles. The lowest BCUT2D eigenvalue weighted by molar-refractivity contribution is -0.142. The van der Waals surface area contributed by atoms with Crippen molar-refractivity contribution in [1.82, 2.24) is 25.9 Å². The molecule has 1 aromatic heterocycles. The number of aromatic nitrogens is 2. The number of H-pyrrole nitrogens is 1. The number of hydrogen-bond acceptors (Lipinski definition) is 7. The Labute approximate surface area is 193 Å². The summed E-state index contributed by atoms with van der Waals surface area (Å²) in [4.78, 5) is 56.2. The summed E-state index contributed by atoms with van der Waals surface area (Å²) in [6.45, 7) is 7.25. The Balaban J connectivity index is 2.94. The van der Waals surface area contributed by atoms with Gasteiger partial charge in [-0.3, -0.25) is 14.4 Å². The Bertz CT molecular complexity index is 771. The van der Waals surface area contributed by atoms with Gasteiger partial charge >= 0.3 is 5.97 Å². The number of aliphatic carboxylic acids is 1. The number of carbonyl (C=O) groups is 4. The molecule has 0 spiro atoms. The van der Waals surface area contributed by atoms with Crippen LogP contribution in [0.1, 0.15) is 39.8 Å². The average Bonchev–Trinajstić information content (AvgIpc) is 3.22. The summed E-state index contributed by atoms with van der Waals surface area (Å²) in [7, 11) is 0. The van der Waals surface area contributed by atoms with Crippen LogP contribution in [0.4, 0.5) is 0 Å². The summed E-state index contributed by atoms with van der Waals surface area (Å²) in [5, 5.41) is 17.2. The van der Waals surface area contributed by atoms with Crippen molar-refractivity contribution in [2.75, 3.05) is 5.75 Å². The van der Waals surface area contributed by atoms with E-state index >= 15 is 0 Å². The Morgan fingerprint density at radius 3 is 2.16 bits per heavy atom. The lowest BCUT2D eigenvalue weighted by Gasteiger charge is -2.27. The van der Waals surface area contributed by atoms with E-state index in [1.807, 2.05) is 13.8 Å². The predicted molar refractivity (Wildman–Crippen MR) is 122 cm³/mol. The van der Waals surface area contributed by atoms with Crippen LogP contribution in [0.3, 0.4) is 0 Å². The molecule has 0 fully saturated rings. The van der Waals surface area contributed by atoms with Crippen LogP contribution in [-0.4, -0.2) is 68.7 Å². The van der Waals surface area contributed by atoms with E-state index < -0.39 is 47.9 Å². The monoisotopic (exact) mass is 470 g/mol. The number of nitrogens with zero attached hydrogens (tertiary/aromatic N) is 1. The van der Waals surface area contributed by atoms with Crippen LogP contribution >= 0.6 is 12.6 Å². The summed E-state index contributed by atoms with van der Waals surface area (Å²) >= 11 is 3.99. The first-order chi connectivity index (χ1) is 15.0. The molecule has 0 aliphatic carbocycles. The summed E-state index contributed by atoms with van der Waals surface area (Å²) in [5.74, 6) is -3.04. The van der Waals surface area contributed by atoms with Crippen molar-refractivity contribution in [1.29, 1.82) is 0 Å². The van der Waals surface area contributed by atoms with Crippen LogP contribution in [0.25, 0.3) is 0 Å². The van der Waals surface area contributed by atoms with Gasteiger partial charge in [0.05, 0.1) is 12.4 Å². The third kappa shape index (κ3) is 8.87. The molecule has 4 unspecified atom stereocenters. The number of aromatic amines is 1. The fourth-order valence-corrected chi connectivity index (χ4v) is 3.10. The Hall–Kier alpha value is -2.60. The van der Waals surface area contributed by atoms with Gasteiger partial charge in [0.2, 0.25) is 17.7 Å². The molecule has 0 aliphatic rings. The first-order valence-electron chi connectivity index (χ1n) is 10.4. The molecule has 0 radical (unpaired) electrons. The van der Waals surface area contributed by atoms with E-state index in [4.69, 9.17) is 5.73 Å². The molecule has 0 saturated carbocycles. The highest BCUT2D eigenvalue weighted by atomic mass is 32.1. The number of amides is 3. The minimum atomic E-state index is -1.21. The molecular weight excluding hydrogens is 436 g/mol. The summed E-state index contributed by atoms with van der Waals surface area (Å²) in [6.07, 6.45) is 3.18. The van der Waals surface area contributed by atoms with E-state index in [1.165, 1.54) is 12.5 Å². The maximum absolute atomic E-state index is 12.9. The van der Waals surface area contributed by atoms with E-state index in [-0.39, 0.29) is 30.4 Å². The van der Waals surface area contributed by atoms with Crippen LogP contribution < -0.4 is 21.7 Å². The quantitative estimate of drug-likeness (QED) is 0.189. The van der Waals surface area contributed by atoms with Gasteiger partial charge in [0, 0.05) is 24.1 Å². The Morgan fingerprint density at radius 1 is 1.06 bits per heavy atom. The molecule has 4 atom stereocenters. The molecule has 12 heteroatoms. The van der Waals surface area contributed by atoms with Gasteiger partial charge in [-0.15, -0.1) is 0 Å². The van der Waals surface area contributed by atoms with Gasteiger partial charge in [-0.1, -0.05) is 27.7 Å². The lowest BCUT2D eigenvalue weighted by Crippen LogP contribution is -2.58. The van der Waals surface area contributed by atoms with Gasteiger partial charge in [0.25, 0.3) is 0 Å². The highest BCUT2D eigenvalue weighted by Gasteiger charge is 2.32. The van der Waals surface area contributed by atoms with Crippen molar-refractivity contribution in [3.05, 3.63) is 18.2 Å². The van der Waals surface area contributed by atoms with Gasteiger partial charge in [-0.2, -0.15) is 12.6 Å².